The smallest absolute Gasteiger partial charge is 0.251 e. The number of anilines is 2. The van der Waals surface area contributed by atoms with Crippen molar-refractivity contribution in [2.45, 2.75) is 39.7 Å². The van der Waals surface area contributed by atoms with Crippen LogP contribution in [0.25, 0.3) is 11.1 Å². The fraction of sp³-hybridized carbons (Fsp3) is 0.261. The SMILES string of the molecule is CCc1nn2c(c1-c1ccc(Cl)cc1)NC(=O)C2CC(=O)Nc1ccc(C)cc1C. The lowest BCUT2D eigenvalue weighted by Crippen LogP contribution is -2.24. The fourth-order valence-electron chi connectivity index (χ4n) is 3.81. The van der Waals surface area contributed by atoms with E-state index in [-0.39, 0.29) is 18.2 Å². The Bertz CT molecular complexity index is 1130. The van der Waals surface area contributed by atoms with E-state index in [1.54, 1.807) is 4.68 Å². The molecule has 30 heavy (non-hydrogen) atoms. The number of halogens is 1. The van der Waals surface area contributed by atoms with Crippen LogP contribution in [-0.4, -0.2) is 21.6 Å². The van der Waals surface area contributed by atoms with Crippen LogP contribution in [0.2, 0.25) is 5.02 Å². The molecular weight excluding hydrogens is 400 g/mol. The first-order valence-electron chi connectivity index (χ1n) is 9.92. The number of rotatable bonds is 5. The molecule has 7 heteroatoms. The molecule has 0 bridgehead atoms. The van der Waals surface area contributed by atoms with Crippen LogP contribution in [0.5, 0.6) is 0 Å². The van der Waals surface area contributed by atoms with E-state index in [0.29, 0.717) is 17.3 Å². The molecule has 6 nitrogen and oxygen atoms in total. The van der Waals surface area contributed by atoms with Gasteiger partial charge in [0.15, 0.2) is 0 Å². The maximum absolute atomic E-state index is 12.7. The van der Waals surface area contributed by atoms with Gasteiger partial charge in [-0.1, -0.05) is 48.4 Å². The van der Waals surface area contributed by atoms with E-state index in [1.807, 2.05) is 63.2 Å². The van der Waals surface area contributed by atoms with Gasteiger partial charge in [-0.3, -0.25) is 9.59 Å². The lowest BCUT2D eigenvalue weighted by Gasteiger charge is -2.12. The molecular formula is C23H23ClN4O2. The number of fused-ring (bicyclic) bond motifs is 1. The van der Waals surface area contributed by atoms with Gasteiger partial charge in [0, 0.05) is 16.3 Å². The first-order valence-corrected chi connectivity index (χ1v) is 10.3. The molecule has 2 amide bonds. The lowest BCUT2D eigenvalue weighted by molar-refractivity contribution is -0.123. The molecule has 0 aliphatic carbocycles. The minimum Gasteiger partial charge on any atom is -0.326 e. The molecule has 4 rings (SSSR count). The molecule has 0 saturated heterocycles. The molecule has 1 aromatic heterocycles. The third-order valence-electron chi connectivity index (χ3n) is 5.32. The molecule has 2 N–H and O–H groups in total. The van der Waals surface area contributed by atoms with Crippen molar-refractivity contribution in [3.05, 3.63) is 64.3 Å². The molecule has 0 fully saturated rings. The summed E-state index contributed by atoms with van der Waals surface area (Å²) < 4.78 is 1.65. The average molecular weight is 423 g/mol. The van der Waals surface area contributed by atoms with Gasteiger partial charge < -0.3 is 10.6 Å². The normalized spacial score (nSPS) is 15.1. The summed E-state index contributed by atoms with van der Waals surface area (Å²) in [6, 6.07) is 12.6. The number of amides is 2. The predicted octanol–water partition coefficient (Wildman–Crippen LogP) is 4.90. The third-order valence-corrected chi connectivity index (χ3v) is 5.58. The van der Waals surface area contributed by atoms with Gasteiger partial charge in [0.25, 0.3) is 5.91 Å². The summed E-state index contributed by atoms with van der Waals surface area (Å²) in [7, 11) is 0. The second-order valence-electron chi connectivity index (χ2n) is 7.55. The molecule has 154 valence electrons. The van der Waals surface area contributed by atoms with Crippen molar-refractivity contribution in [3.8, 4) is 11.1 Å². The quantitative estimate of drug-likeness (QED) is 0.613. The largest absolute Gasteiger partial charge is 0.326 e. The topological polar surface area (TPSA) is 76.0 Å². The van der Waals surface area contributed by atoms with E-state index in [4.69, 9.17) is 11.6 Å². The molecule has 0 saturated carbocycles. The van der Waals surface area contributed by atoms with Crippen molar-refractivity contribution in [3.63, 3.8) is 0 Å². The van der Waals surface area contributed by atoms with Gasteiger partial charge >= 0.3 is 0 Å². The van der Waals surface area contributed by atoms with Gasteiger partial charge in [-0.15, -0.1) is 0 Å². The van der Waals surface area contributed by atoms with Gasteiger partial charge in [0.1, 0.15) is 11.9 Å². The van der Waals surface area contributed by atoms with Crippen molar-refractivity contribution < 1.29 is 9.59 Å². The maximum atomic E-state index is 12.7. The van der Waals surface area contributed by atoms with E-state index in [9.17, 15) is 9.59 Å². The van der Waals surface area contributed by atoms with Gasteiger partial charge in [-0.2, -0.15) is 5.10 Å². The molecule has 3 aromatic rings. The molecule has 0 spiro atoms. The first kappa shape index (κ1) is 20.2. The van der Waals surface area contributed by atoms with Crippen LogP contribution in [-0.2, 0) is 16.0 Å². The number of nitrogens with zero attached hydrogens (tertiary/aromatic N) is 2. The van der Waals surface area contributed by atoms with Crippen LogP contribution in [0.3, 0.4) is 0 Å². The summed E-state index contributed by atoms with van der Waals surface area (Å²) in [5.74, 6) is 0.172. The number of carbonyl (C=O) groups is 2. The summed E-state index contributed by atoms with van der Waals surface area (Å²) in [6.45, 7) is 5.97. The highest BCUT2D eigenvalue weighted by atomic mass is 35.5. The van der Waals surface area contributed by atoms with Crippen LogP contribution in [0, 0.1) is 13.8 Å². The fourth-order valence-corrected chi connectivity index (χ4v) is 3.94. The molecule has 1 unspecified atom stereocenters. The standard InChI is InChI=1S/C23H23ClN4O2/c1-4-17-21(15-6-8-16(24)9-7-15)22-26-23(30)19(28(22)27-17)12-20(29)25-18-10-5-13(2)11-14(18)3/h5-11,19H,4,12H2,1-3H3,(H,25,29)(H,26,30). The monoisotopic (exact) mass is 422 g/mol. The van der Waals surface area contributed by atoms with E-state index >= 15 is 0 Å². The number of aryl methyl sites for hydroxylation is 3. The molecule has 1 atom stereocenters. The van der Waals surface area contributed by atoms with Crippen molar-refractivity contribution in [1.29, 1.82) is 0 Å². The van der Waals surface area contributed by atoms with Crippen molar-refractivity contribution in [2.75, 3.05) is 10.6 Å². The van der Waals surface area contributed by atoms with Crippen LogP contribution in [0.4, 0.5) is 11.5 Å². The van der Waals surface area contributed by atoms with Crippen molar-refractivity contribution >= 4 is 34.9 Å². The third kappa shape index (κ3) is 3.71. The number of nitrogens with one attached hydrogen (secondary N) is 2. The summed E-state index contributed by atoms with van der Waals surface area (Å²) >= 11 is 6.02. The number of benzene rings is 2. The summed E-state index contributed by atoms with van der Waals surface area (Å²) in [6.07, 6.45) is 0.715. The predicted molar refractivity (Wildman–Crippen MR) is 119 cm³/mol. The zero-order chi connectivity index (χ0) is 21.4. The Morgan fingerprint density at radius 1 is 1.20 bits per heavy atom. The lowest BCUT2D eigenvalue weighted by atomic mass is 10.0. The van der Waals surface area contributed by atoms with Crippen LogP contribution < -0.4 is 10.6 Å². The second-order valence-corrected chi connectivity index (χ2v) is 7.99. The minimum absolute atomic E-state index is 0.0110. The Labute approximate surface area is 180 Å². The van der Waals surface area contributed by atoms with E-state index in [2.05, 4.69) is 15.7 Å². The molecule has 2 aromatic carbocycles. The highest BCUT2D eigenvalue weighted by molar-refractivity contribution is 6.30. The summed E-state index contributed by atoms with van der Waals surface area (Å²) in [4.78, 5) is 25.3. The Morgan fingerprint density at radius 2 is 1.93 bits per heavy atom. The zero-order valence-corrected chi connectivity index (χ0v) is 17.9. The van der Waals surface area contributed by atoms with Crippen molar-refractivity contribution in [1.82, 2.24) is 9.78 Å². The molecule has 0 radical (unpaired) electrons. The molecule has 2 heterocycles. The highest BCUT2D eigenvalue weighted by Gasteiger charge is 2.36. The molecule has 1 aliphatic heterocycles. The molecule has 1 aliphatic rings. The van der Waals surface area contributed by atoms with E-state index in [1.165, 1.54) is 0 Å². The number of carbonyl (C=O) groups excluding carboxylic acids is 2. The minimum atomic E-state index is -0.683. The average Bonchev–Trinajstić information content (AvgIpc) is 3.20. The van der Waals surface area contributed by atoms with Crippen LogP contribution in [0.15, 0.2) is 42.5 Å². The first-order chi connectivity index (χ1) is 14.4. The summed E-state index contributed by atoms with van der Waals surface area (Å²) in [5, 5.41) is 11.1. The highest BCUT2D eigenvalue weighted by Crippen LogP contribution is 2.39. The number of aromatic nitrogens is 2. The Hall–Kier alpha value is -3.12. The maximum Gasteiger partial charge on any atom is 0.251 e. The van der Waals surface area contributed by atoms with Crippen molar-refractivity contribution in [2.24, 2.45) is 0 Å². The number of hydrogen-bond acceptors (Lipinski definition) is 3. The van der Waals surface area contributed by atoms with Gasteiger partial charge in [0.05, 0.1) is 12.1 Å². The van der Waals surface area contributed by atoms with E-state index < -0.39 is 6.04 Å². The van der Waals surface area contributed by atoms with Gasteiger partial charge in [-0.25, -0.2) is 4.68 Å². The Balaban J connectivity index is 1.61. The van der Waals surface area contributed by atoms with Crippen LogP contribution >= 0.6 is 11.6 Å². The Morgan fingerprint density at radius 3 is 2.60 bits per heavy atom. The second kappa shape index (κ2) is 7.95. The van der Waals surface area contributed by atoms with E-state index in [0.717, 1.165) is 33.6 Å². The summed E-state index contributed by atoms with van der Waals surface area (Å²) in [5.41, 5.74) is 5.53. The van der Waals surface area contributed by atoms with Gasteiger partial charge in [-0.05, 0) is 49.6 Å². The zero-order valence-electron chi connectivity index (χ0n) is 17.1. The van der Waals surface area contributed by atoms with Gasteiger partial charge in [0.2, 0.25) is 5.91 Å². The van der Waals surface area contributed by atoms with Crippen LogP contribution in [0.1, 0.15) is 36.2 Å². The Kier molecular flexibility index (Phi) is 5.35. The number of hydrogen-bond donors (Lipinski definition) is 2.